The maximum atomic E-state index is 13.3. The lowest BCUT2D eigenvalue weighted by molar-refractivity contribution is -0.117. The molecule has 7 heteroatoms. The van der Waals surface area contributed by atoms with Crippen LogP contribution in [-0.4, -0.2) is 31.9 Å². The number of nitrogens with zero attached hydrogens (tertiary/aromatic N) is 2. The van der Waals surface area contributed by atoms with Gasteiger partial charge in [0.1, 0.15) is 0 Å². The number of halogens is 1. The van der Waals surface area contributed by atoms with Crippen LogP contribution in [0, 0.1) is 18.7 Å². The lowest BCUT2D eigenvalue weighted by Crippen LogP contribution is -2.19. The van der Waals surface area contributed by atoms with Crippen LogP contribution in [0.2, 0.25) is 0 Å². The van der Waals surface area contributed by atoms with E-state index in [1.54, 1.807) is 11.0 Å². The number of phenolic OH excluding ortho intramolecular Hbond substituents is 1. The van der Waals surface area contributed by atoms with Crippen molar-refractivity contribution in [3.05, 3.63) is 71.4 Å². The van der Waals surface area contributed by atoms with Crippen molar-refractivity contribution in [1.82, 2.24) is 0 Å². The zero-order valence-corrected chi connectivity index (χ0v) is 19.2. The van der Waals surface area contributed by atoms with Crippen LogP contribution in [0.25, 0.3) is 0 Å². The Balaban J connectivity index is 0.00000134. The van der Waals surface area contributed by atoms with E-state index in [1.165, 1.54) is 32.5 Å². The third kappa shape index (κ3) is 9.91. The molecular formula is C24H34FN3O3. The first-order valence-electron chi connectivity index (χ1n) is 9.83. The fourth-order valence-electron chi connectivity index (χ4n) is 2.35. The minimum atomic E-state index is -0.689. The second kappa shape index (κ2) is 14.7. The lowest BCUT2D eigenvalue weighted by atomic mass is 10.1. The van der Waals surface area contributed by atoms with E-state index >= 15 is 0 Å². The Morgan fingerprint density at radius 2 is 1.84 bits per heavy atom. The van der Waals surface area contributed by atoms with E-state index in [0.717, 1.165) is 17.2 Å². The van der Waals surface area contributed by atoms with Crippen molar-refractivity contribution in [2.45, 2.75) is 34.2 Å². The summed E-state index contributed by atoms with van der Waals surface area (Å²) in [6, 6.07) is 11.7. The summed E-state index contributed by atoms with van der Waals surface area (Å²) in [6.45, 7) is 11.9. The number of hydrogen-bond donors (Lipinski definition) is 2. The van der Waals surface area contributed by atoms with Crippen LogP contribution in [0.1, 0.15) is 31.9 Å². The van der Waals surface area contributed by atoms with Crippen molar-refractivity contribution < 1.29 is 19.0 Å². The van der Waals surface area contributed by atoms with Gasteiger partial charge in [-0.15, -0.1) is 0 Å². The molecule has 0 unspecified atom stereocenters. The largest absolute Gasteiger partial charge is 0.505 e. The summed E-state index contributed by atoms with van der Waals surface area (Å²) >= 11 is 0. The Hall–Kier alpha value is -3.19. The maximum Gasteiger partial charge on any atom is 0.312 e. The first-order chi connectivity index (χ1) is 14.7. The highest BCUT2D eigenvalue weighted by Gasteiger charge is 2.14. The van der Waals surface area contributed by atoms with Crippen molar-refractivity contribution in [2.24, 2.45) is 16.6 Å². The summed E-state index contributed by atoms with van der Waals surface area (Å²) in [5.41, 5.74) is 6.96. The predicted molar refractivity (Wildman–Crippen MR) is 126 cm³/mol. The molecule has 0 saturated carbocycles. The van der Waals surface area contributed by atoms with Crippen molar-refractivity contribution >= 4 is 18.3 Å². The Labute approximate surface area is 184 Å². The quantitative estimate of drug-likeness (QED) is 0.390. The van der Waals surface area contributed by atoms with Crippen molar-refractivity contribution in [3.63, 3.8) is 0 Å². The molecule has 0 radical (unpaired) electrons. The molecule has 0 fully saturated rings. The molecule has 31 heavy (non-hydrogen) atoms. The molecule has 170 valence electrons. The molecule has 2 aromatic rings. The molecule has 0 saturated heterocycles. The van der Waals surface area contributed by atoms with E-state index in [9.17, 15) is 14.3 Å². The van der Waals surface area contributed by atoms with E-state index in [4.69, 9.17) is 4.74 Å². The lowest BCUT2D eigenvalue weighted by Gasteiger charge is -2.23. The SMILES string of the molecule is C=NC(=O)/C(=C\N(Cc1ccc(F)c(O)c1)c1ccccc1C)OC.CC(C)C.CN. The summed E-state index contributed by atoms with van der Waals surface area (Å²) in [5.74, 6) is -0.861. The molecular weight excluding hydrogens is 397 g/mol. The van der Waals surface area contributed by atoms with Gasteiger partial charge in [0.15, 0.2) is 11.6 Å². The van der Waals surface area contributed by atoms with Gasteiger partial charge in [-0.05, 0) is 55.9 Å². The molecule has 2 aromatic carbocycles. The molecule has 6 nitrogen and oxygen atoms in total. The van der Waals surface area contributed by atoms with Crippen molar-refractivity contribution in [2.75, 3.05) is 19.1 Å². The van der Waals surface area contributed by atoms with E-state index in [0.29, 0.717) is 5.56 Å². The molecule has 3 N–H and O–H groups in total. The number of rotatable bonds is 6. The molecule has 0 aliphatic rings. The van der Waals surface area contributed by atoms with Crippen LogP contribution in [0.5, 0.6) is 5.75 Å². The highest BCUT2D eigenvalue weighted by atomic mass is 19.1. The van der Waals surface area contributed by atoms with Crippen LogP contribution < -0.4 is 10.6 Å². The van der Waals surface area contributed by atoms with Gasteiger partial charge in [-0.1, -0.05) is 45.0 Å². The number of amides is 1. The average Bonchev–Trinajstić information content (AvgIpc) is 2.74. The first kappa shape index (κ1) is 27.8. The molecule has 0 atom stereocenters. The average molecular weight is 432 g/mol. The van der Waals surface area contributed by atoms with Gasteiger partial charge in [-0.25, -0.2) is 9.38 Å². The van der Waals surface area contributed by atoms with Crippen LogP contribution in [0.15, 0.2) is 59.4 Å². The number of hydrogen-bond acceptors (Lipinski definition) is 5. The number of aromatic hydroxyl groups is 1. The second-order valence-electron chi connectivity index (χ2n) is 7.09. The van der Waals surface area contributed by atoms with Gasteiger partial charge in [0, 0.05) is 12.2 Å². The number of benzene rings is 2. The normalized spacial score (nSPS) is 10.3. The number of ether oxygens (including phenoxy) is 1. The predicted octanol–water partition coefficient (Wildman–Crippen LogP) is 4.80. The Morgan fingerprint density at radius 1 is 1.26 bits per heavy atom. The molecule has 0 heterocycles. The second-order valence-corrected chi connectivity index (χ2v) is 7.09. The van der Waals surface area contributed by atoms with Gasteiger partial charge in [-0.3, -0.25) is 4.79 Å². The Kier molecular flexibility index (Phi) is 13.2. The highest BCUT2D eigenvalue weighted by Crippen LogP contribution is 2.25. The number of nitrogens with two attached hydrogens (primary N) is 1. The third-order valence-electron chi connectivity index (χ3n) is 3.64. The van der Waals surface area contributed by atoms with Crippen LogP contribution in [0.4, 0.5) is 10.1 Å². The molecule has 0 bridgehead atoms. The zero-order valence-electron chi connectivity index (χ0n) is 19.2. The molecule has 1 amide bonds. The van der Waals surface area contributed by atoms with Gasteiger partial charge in [0.05, 0.1) is 13.3 Å². The number of para-hydroxylation sites is 1. The van der Waals surface area contributed by atoms with Crippen LogP contribution in [0.3, 0.4) is 0 Å². The molecule has 0 aliphatic heterocycles. The first-order valence-corrected chi connectivity index (χ1v) is 9.83. The molecule has 0 aliphatic carbocycles. The van der Waals surface area contributed by atoms with Gasteiger partial charge < -0.3 is 20.5 Å². The molecule has 0 spiro atoms. The summed E-state index contributed by atoms with van der Waals surface area (Å²) in [7, 11) is 2.87. The van der Waals surface area contributed by atoms with E-state index in [1.807, 2.05) is 31.2 Å². The zero-order chi connectivity index (χ0) is 24.0. The molecule has 0 aromatic heterocycles. The van der Waals surface area contributed by atoms with Crippen molar-refractivity contribution in [3.8, 4) is 5.75 Å². The van der Waals surface area contributed by atoms with Crippen LogP contribution in [-0.2, 0) is 16.1 Å². The summed E-state index contributed by atoms with van der Waals surface area (Å²) < 4.78 is 18.4. The van der Waals surface area contributed by atoms with Gasteiger partial charge in [-0.2, -0.15) is 0 Å². The third-order valence-corrected chi connectivity index (χ3v) is 3.64. The minimum absolute atomic E-state index is 0.0181. The van der Waals surface area contributed by atoms with E-state index < -0.39 is 17.5 Å². The molecule has 2 rings (SSSR count). The maximum absolute atomic E-state index is 13.3. The van der Waals surface area contributed by atoms with Gasteiger partial charge >= 0.3 is 5.91 Å². The number of anilines is 1. The van der Waals surface area contributed by atoms with Gasteiger partial charge in [0.25, 0.3) is 0 Å². The smallest absolute Gasteiger partial charge is 0.312 e. The number of aliphatic imine (C=N–C) groups is 1. The number of methoxy groups -OCH3 is 1. The summed E-state index contributed by atoms with van der Waals surface area (Å²) in [6.07, 6.45) is 1.51. The van der Waals surface area contributed by atoms with E-state index in [-0.39, 0.29) is 12.3 Å². The fraction of sp³-hybridized carbons (Fsp3) is 0.333. The highest BCUT2D eigenvalue weighted by molar-refractivity contribution is 5.94. The Bertz CT molecular complexity index is 864. The monoisotopic (exact) mass is 431 g/mol. The summed E-state index contributed by atoms with van der Waals surface area (Å²) in [5, 5.41) is 9.58. The van der Waals surface area contributed by atoms with Crippen LogP contribution >= 0.6 is 0 Å². The van der Waals surface area contributed by atoms with Gasteiger partial charge in [0.2, 0.25) is 5.76 Å². The summed E-state index contributed by atoms with van der Waals surface area (Å²) in [4.78, 5) is 16.9. The van der Waals surface area contributed by atoms with E-state index in [2.05, 4.69) is 38.2 Å². The number of carbonyl (C=O) groups is 1. The minimum Gasteiger partial charge on any atom is -0.505 e. The number of phenols is 1. The number of carbonyl (C=O) groups excluding carboxylic acids is 1. The number of aryl methyl sites for hydroxylation is 1. The van der Waals surface area contributed by atoms with Crippen molar-refractivity contribution in [1.29, 1.82) is 0 Å². The topological polar surface area (TPSA) is 88.2 Å². The fourth-order valence-corrected chi connectivity index (χ4v) is 2.35. The standard InChI is InChI=1S/C19H19FN2O3.C4H10.CH5N/c1-13-6-4-5-7-16(13)22(12-18(25-3)19(24)21-2)11-14-8-9-15(20)17(23)10-14;1-4(2)3;1-2/h4-10,12,23H,2,11H2,1,3H3;4H,1-3H3;2H2,1H3/b18-12+;;. The Morgan fingerprint density at radius 3 is 2.32 bits per heavy atom.